The molecule has 0 aliphatic carbocycles. The first kappa shape index (κ1) is 22.6. The van der Waals surface area contributed by atoms with E-state index in [-0.39, 0.29) is 18.1 Å². The number of nitrogens with zero attached hydrogens (tertiary/aromatic N) is 3. The lowest BCUT2D eigenvalue weighted by molar-refractivity contribution is -0.142. The van der Waals surface area contributed by atoms with E-state index in [0.717, 1.165) is 22.6 Å². The fraction of sp³-hybridized carbons (Fsp3) is 0.185. The lowest BCUT2D eigenvalue weighted by atomic mass is 10.1. The number of aryl methyl sites for hydroxylation is 1. The molecule has 2 heterocycles. The number of carbonyl (C=O) groups is 1. The fourth-order valence-electron chi connectivity index (χ4n) is 4.24. The van der Waals surface area contributed by atoms with Gasteiger partial charge >= 0.3 is 0 Å². The Morgan fingerprint density at radius 2 is 1.80 bits per heavy atom. The van der Waals surface area contributed by atoms with Crippen molar-refractivity contribution < 1.29 is 19.4 Å². The third-order valence-corrected chi connectivity index (χ3v) is 6.14. The van der Waals surface area contributed by atoms with Crippen LogP contribution < -0.4 is 5.32 Å². The van der Waals surface area contributed by atoms with E-state index >= 15 is 0 Å². The monoisotopic (exact) mass is 472 g/mol. The van der Waals surface area contributed by atoms with Gasteiger partial charge in [0.2, 0.25) is 0 Å². The van der Waals surface area contributed by atoms with Crippen molar-refractivity contribution >= 4 is 17.4 Å². The molecular weight excluding hydrogens is 447 g/mol. The molecule has 8 heteroatoms. The number of phenols is 1. The highest BCUT2D eigenvalue weighted by molar-refractivity contribution is 5.83. The number of carbonyl (C=O) groups excluding carboxylic acids is 1. The molecule has 1 aromatic heterocycles. The van der Waals surface area contributed by atoms with E-state index in [4.69, 9.17) is 4.98 Å². The molecule has 1 unspecified atom stereocenters. The van der Waals surface area contributed by atoms with Gasteiger partial charge in [0.1, 0.15) is 28.9 Å². The Morgan fingerprint density at radius 1 is 1.06 bits per heavy atom. The summed E-state index contributed by atoms with van der Waals surface area (Å²) in [6.07, 6.45) is -1.38. The van der Waals surface area contributed by atoms with Gasteiger partial charge in [0.15, 0.2) is 6.10 Å². The highest BCUT2D eigenvalue weighted by Gasteiger charge is 2.30. The summed E-state index contributed by atoms with van der Waals surface area (Å²) in [5.41, 5.74) is 3.77. The van der Waals surface area contributed by atoms with Crippen LogP contribution in [0.1, 0.15) is 23.1 Å². The average Bonchev–Trinajstić information content (AvgIpc) is 3.22. The van der Waals surface area contributed by atoms with Crippen LogP contribution in [0.25, 0.3) is 11.3 Å². The number of rotatable bonds is 5. The van der Waals surface area contributed by atoms with Crippen molar-refractivity contribution in [3.63, 3.8) is 0 Å². The van der Waals surface area contributed by atoms with E-state index in [1.165, 1.54) is 24.3 Å². The highest BCUT2D eigenvalue weighted by atomic mass is 19.1. The zero-order valence-electron chi connectivity index (χ0n) is 19.1. The summed E-state index contributed by atoms with van der Waals surface area (Å²) < 4.78 is 15.6. The summed E-state index contributed by atoms with van der Waals surface area (Å²) >= 11 is 0. The van der Waals surface area contributed by atoms with E-state index in [9.17, 15) is 19.4 Å². The number of aromatic nitrogens is 2. The van der Waals surface area contributed by atoms with Crippen molar-refractivity contribution in [2.24, 2.45) is 0 Å². The summed E-state index contributed by atoms with van der Waals surface area (Å²) in [5.74, 6) is 0.613. The second kappa shape index (κ2) is 9.23. The van der Waals surface area contributed by atoms with Crippen molar-refractivity contribution in [1.82, 2.24) is 14.5 Å². The molecule has 7 nitrogen and oxygen atoms in total. The van der Waals surface area contributed by atoms with Gasteiger partial charge in [-0.1, -0.05) is 29.8 Å². The number of hydrogen-bond donors (Lipinski definition) is 3. The highest BCUT2D eigenvalue weighted by Crippen LogP contribution is 2.34. The van der Waals surface area contributed by atoms with Crippen molar-refractivity contribution in [2.75, 3.05) is 11.9 Å². The Kier molecular flexibility index (Phi) is 5.96. The van der Waals surface area contributed by atoms with Crippen LogP contribution in [0.2, 0.25) is 0 Å². The van der Waals surface area contributed by atoms with Crippen LogP contribution in [-0.2, 0) is 17.9 Å². The predicted octanol–water partition coefficient (Wildman–Crippen LogP) is 4.52. The lowest BCUT2D eigenvalue weighted by Crippen LogP contribution is -2.41. The topological polar surface area (TPSA) is 90.6 Å². The summed E-state index contributed by atoms with van der Waals surface area (Å²) in [7, 11) is 0. The Labute approximate surface area is 202 Å². The normalized spacial score (nSPS) is 13.9. The van der Waals surface area contributed by atoms with E-state index in [2.05, 4.69) is 5.32 Å². The van der Waals surface area contributed by atoms with Crippen molar-refractivity contribution in [2.45, 2.75) is 26.1 Å². The molecule has 0 spiro atoms. The molecule has 4 aromatic rings. The number of phenolic OH excluding ortho intramolecular Hbond substituents is 1. The van der Waals surface area contributed by atoms with Crippen molar-refractivity contribution in [3.05, 3.63) is 95.6 Å². The van der Waals surface area contributed by atoms with Gasteiger partial charge in [-0.2, -0.15) is 0 Å². The standard InChI is InChI=1S/C27H25FN4O3/c1-17-5-11-21(12-6-17)29-26-24(18-7-9-20(28)10-8-18)30-23-16-31(13-14-32(23)26)27(35)25(34)19-3-2-4-22(33)15-19/h2-12,15,25,29,33-34H,13-14,16H2,1H3. The van der Waals surface area contributed by atoms with E-state index in [1.807, 2.05) is 35.8 Å². The number of nitrogens with one attached hydrogen (secondary N) is 1. The maximum Gasteiger partial charge on any atom is 0.256 e. The molecule has 1 amide bonds. The quantitative estimate of drug-likeness (QED) is 0.397. The third kappa shape index (κ3) is 4.61. The number of anilines is 2. The average molecular weight is 473 g/mol. The van der Waals surface area contributed by atoms with E-state index < -0.39 is 12.0 Å². The molecule has 3 aromatic carbocycles. The third-order valence-electron chi connectivity index (χ3n) is 6.14. The van der Waals surface area contributed by atoms with Crippen LogP contribution in [0.5, 0.6) is 5.75 Å². The van der Waals surface area contributed by atoms with Gasteiger partial charge in [-0.05, 0) is 61.0 Å². The van der Waals surface area contributed by atoms with Gasteiger partial charge in [-0.3, -0.25) is 4.79 Å². The van der Waals surface area contributed by atoms with E-state index in [1.54, 1.807) is 29.2 Å². The van der Waals surface area contributed by atoms with Gasteiger partial charge in [0.25, 0.3) is 5.91 Å². The van der Waals surface area contributed by atoms with Crippen molar-refractivity contribution in [3.8, 4) is 17.0 Å². The van der Waals surface area contributed by atoms with Gasteiger partial charge < -0.3 is 25.0 Å². The number of aliphatic hydroxyl groups excluding tert-OH is 1. The van der Waals surface area contributed by atoms with Gasteiger partial charge in [0.05, 0.1) is 6.54 Å². The zero-order valence-corrected chi connectivity index (χ0v) is 19.1. The van der Waals surface area contributed by atoms with Gasteiger partial charge in [-0.15, -0.1) is 0 Å². The largest absolute Gasteiger partial charge is 0.508 e. The zero-order chi connectivity index (χ0) is 24.5. The van der Waals surface area contributed by atoms with E-state index in [0.29, 0.717) is 30.2 Å². The Morgan fingerprint density at radius 3 is 2.51 bits per heavy atom. The maximum atomic E-state index is 13.6. The molecule has 0 saturated heterocycles. The van der Waals surface area contributed by atoms with Crippen LogP contribution in [0, 0.1) is 12.7 Å². The molecule has 35 heavy (non-hydrogen) atoms. The first-order valence-corrected chi connectivity index (χ1v) is 11.3. The Hall–Kier alpha value is -4.17. The Balaban J connectivity index is 1.47. The number of imidazole rings is 1. The molecule has 1 aliphatic heterocycles. The van der Waals surface area contributed by atoms with Crippen molar-refractivity contribution in [1.29, 1.82) is 0 Å². The van der Waals surface area contributed by atoms with Crippen LogP contribution in [-0.4, -0.2) is 37.1 Å². The molecular formula is C27H25FN4O3. The van der Waals surface area contributed by atoms with Gasteiger partial charge in [-0.25, -0.2) is 9.37 Å². The molecule has 0 fully saturated rings. The number of halogens is 1. The molecule has 3 N–H and O–H groups in total. The summed E-state index contributed by atoms with van der Waals surface area (Å²) in [4.78, 5) is 19.4. The van der Waals surface area contributed by atoms with Crippen LogP contribution in [0.3, 0.4) is 0 Å². The second-order valence-corrected chi connectivity index (χ2v) is 8.63. The first-order chi connectivity index (χ1) is 16.9. The first-order valence-electron chi connectivity index (χ1n) is 11.3. The fourth-order valence-corrected chi connectivity index (χ4v) is 4.24. The van der Waals surface area contributed by atoms with Crippen LogP contribution in [0.4, 0.5) is 15.9 Å². The molecule has 1 atom stereocenters. The number of hydrogen-bond acceptors (Lipinski definition) is 5. The minimum absolute atomic E-state index is 0.0145. The number of fused-ring (bicyclic) bond motifs is 1. The number of aromatic hydroxyl groups is 1. The molecule has 178 valence electrons. The Bertz CT molecular complexity index is 1370. The second-order valence-electron chi connectivity index (χ2n) is 8.63. The lowest BCUT2D eigenvalue weighted by Gasteiger charge is -2.30. The van der Waals surface area contributed by atoms with Crippen LogP contribution >= 0.6 is 0 Å². The van der Waals surface area contributed by atoms with Gasteiger partial charge in [0, 0.05) is 24.3 Å². The molecule has 0 bridgehead atoms. The molecule has 1 aliphatic rings. The maximum absolute atomic E-state index is 13.6. The summed E-state index contributed by atoms with van der Waals surface area (Å²) in [6.45, 7) is 3.07. The minimum Gasteiger partial charge on any atom is -0.508 e. The number of amides is 1. The minimum atomic E-state index is -1.38. The summed E-state index contributed by atoms with van der Waals surface area (Å²) in [5, 5.41) is 23.8. The SMILES string of the molecule is Cc1ccc(Nc2c(-c3ccc(F)cc3)nc3n2CCN(C(=O)C(O)c2cccc(O)c2)C3)cc1. The molecule has 0 saturated carbocycles. The number of benzene rings is 3. The smallest absolute Gasteiger partial charge is 0.256 e. The summed E-state index contributed by atoms with van der Waals surface area (Å²) in [6, 6.07) is 20.2. The molecule has 5 rings (SSSR count). The predicted molar refractivity (Wildman–Crippen MR) is 131 cm³/mol. The number of aliphatic hydroxyl groups is 1. The van der Waals surface area contributed by atoms with Crippen LogP contribution in [0.15, 0.2) is 72.8 Å². The molecule has 0 radical (unpaired) electrons.